The molecule has 88 valence electrons. The average molecular weight is 213 g/mol. The predicted molar refractivity (Wildman–Crippen MR) is 60.4 cm³/mol. The Kier molecular flexibility index (Phi) is 5.09. The Hall–Kier alpha value is -0.570. The van der Waals surface area contributed by atoms with Gasteiger partial charge in [-0.25, -0.2) is 0 Å². The van der Waals surface area contributed by atoms with Gasteiger partial charge in [-0.2, -0.15) is 0 Å². The van der Waals surface area contributed by atoms with Crippen molar-refractivity contribution in [2.45, 2.75) is 64.5 Å². The number of esters is 1. The van der Waals surface area contributed by atoms with E-state index in [9.17, 15) is 4.79 Å². The van der Waals surface area contributed by atoms with E-state index in [4.69, 9.17) is 10.5 Å². The normalized spacial score (nSPS) is 22.1. The molecule has 1 rings (SSSR count). The zero-order chi connectivity index (χ0) is 11.3. The fourth-order valence-electron chi connectivity index (χ4n) is 2.05. The third-order valence-corrected chi connectivity index (χ3v) is 3.32. The number of carbonyl (C=O) groups excluding carboxylic acids is 1. The Morgan fingerprint density at radius 3 is 2.53 bits per heavy atom. The Balaban J connectivity index is 2.37. The molecule has 0 radical (unpaired) electrons. The van der Waals surface area contributed by atoms with Crippen LogP contribution in [0.15, 0.2) is 0 Å². The first-order chi connectivity index (χ1) is 7.15. The number of rotatable bonds is 4. The van der Waals surface area contributed by atoms with Gasteiger partial charge in [0.05, 0.1) is 6.10 Å². The summed E-state index contributed by atoms with van der Waals surface area (Å²) in [5, 5.41) is 0. The van der Waals surface area contributed by atoms with Crippen molar-refractivity contribution in [2.24, 2.45) is 11.7 Å². The summed E-state index contributed by atoms with van der Waals surface area (Å²) in [6.07, 6.45) is 6.69. The van der Waals surface area contributed by atoms with Crippen molar-refractivity contribution in [3.05, 3.63) is 0 Å². The SMILES string of the molecule is CCC(C)OC(=O)C(N)C1CCCCC1. The minimum atomic E-state index is -0.403. The minimum Gasteiger partial charge on any atom is -0.462 e. The molecule has 1 aliphatic carbocycles. The lowest BCUT2D eigenvalue weighted by molar-refractivity contribution is -0.151. The Bertz CT molecular complexity index is 200. The first kappa shape index (κ1) is 12.5. The first-order valence-electron chi connectivity index (χ1n) is 6.11. The molecule has 0 aromatic heterocycles. The Morgan fingerprint density at radius 1 is 1.40 bits per heavy atom. The molecule has 0 aromatic carbocycles. The van der Waals surface area contributed by atoms with Gasteiger partial charge < -0.3 is 10.5 Å². The zero-order valence-electron chi connectivity index (χ0n) is 9.87. The molecule has 0 bridgehead atoms. The number of carbonyl (C=O) groups is 1. The van der Waals surface area contributed by atoms with E-state index in [2.05, 4.69) is 0 Å². The molecule has 15 heavy (non-hydrogen) atoms. The summed E-state index contributed by atoms with van der Waals surface area (Å²) >= 11 is 0. The molecule has 2 atom stereocenters. The maximum atomic E-state index is 11.7. The van der Waals surface area contributed by atoms with Crippen molar-refractivity contribution in [2.75, 3.05) is 0 Å². The molecule has 0 aromatic rings. The molecule has 0 spiro atoms. The van der Waals surface area contributed by atoms with Gasteiger partial charge >= 0.3 is 5.97 Å². The fourth-order valence-corrected chi connectivity index (χ4v) is 2.05. The summed E-state index contributed by atoms with van der Waals surface area (Å²) in [5.74, 6) is 0.131. The predicted octanol–water partition coefficient (Wildman–Crippen LogP) is 2.24. The summed E-state index contributed by atoms with van der Waals surface area (Å²) in [7, 11) is 0. The smallest absolute Gasteiger partial charge is 0.323 e. The van der Waals surface area contributed by atoms with Crippen LogP contribution in [0.2, 0.25) is 0 Å². The standard InChI is InChI=1S/C12H23NO2/c1-3-9(2)15-12(14)11(13)10-7-5-4-6-8-10/h9-11H,3-8,13H2,1-2H3. The van der Waals surface area contributed by atoms with Crippen LogP contribution in [0.1, 0.15) is 52.4 Å². The van der Waals surface area contributed by atoms with Crippen LogP contribution in [0.3, 0.4) is 0 Å². The lowest BCUT2D eigenvalue weighted by atomic mass is 9.84. The van der Waals surface area contributed by atoms with Gasteiger partial charge in [0.25, 0.3) is 0 Å². The summed E-state index contributed by atoms with van der Waals surface area (Å²) < 4.78 is 5.25. The highest BCUT2D eigenvalue weighted by Gasteiger charge is 2.27. The number of nitrogens with two attached hydrogens (primary N) is 1. The van der Waals surface area contributed by atoms with Crippen molar-refractivity contribution < 1.29 is 9.53 Å². The van der Waals surface area contributed by atoms with E-state index in [1.54, 1.807) is 0 Å². The monoisotopic (exact) mass is 213 g/mol. The van der Waals surface area contributed by atoms with Gasteiger partial charge in [-0.15, -0.1) is 0 Å². The summed E-state index contributed by atoms with van der Waals surface area (Å²) in [6, 6.07) is -0.403. The van der Waals surface area contributed by atoms with Crippen LogP contribution in [-0.2, 0) is 9.53 Å². The lowest BCUT2D eigenvalue weighted by Gasteiger charge is -2.26. The van der Waals surface area contributed by atoms with E-state index in [1.165, 1.54) is 19.3 Å². The van der Waals surface area contributed by atoms with Crippen molar-refractivity contribution in [1.82, 2.24) is 0 Å². The van der Waals surface area contributed by atoms with Crippen LogP contribution in [0.4, 0.5) is 0 Å². The number of ether oxygens (including phenoxy) is 1. The molecule has 3 nitrogen and oxygen atoms in total. The molecule has 0 heterocycles. The molecule has 0 aliphatic heterocycles. The number of hydrogen-bond acceptors (Lipinski definition) is 3. The largest absolute Gasteiger partial charge is 0.462 e. The van der Waals surface area contributed by atoms with Crippen LogP contribution >= 0.6 is 0 Å². The van der Waals surface area contributed by atoms with E-state index < -0.39 is 6.04 Å². The Labute approximate surface area is 92.4 Å². The van der Waals surface area contributed by atoms with Crippen molar-refractivity contribution in [1.29, 1.82) is 0 Å². The van der Waals surface area contributed by atoms with Crippen molar-refractivity contribution >= 4 is 5.97 Å². The van der Waals surface area contributed by atoms with E-state index in [0.29, 0.717) is 5.92 Å². The third kappa shape index (κ3) is 3.82. The second-order valence-electron chi connectivity index (χ2n) is 4.58. The molecule has 0 amide bonds. The highest BCUT2D eigenvalue weighted by atomic mass is 16.5. The van der Waals surface area contributed by atoms with E-state index in [1.807, 2.05) is 13.8 Å². The van der Waals surface area contributed by atoms with Gasteiger partial charge in [0.1, 0.15) is 6.04 Å². The maximum Gasteiger partial charge on any atom is 0.323 e. The van der Waals surface area contributed by atoms with E-state index in [-0.39, 0.29) is 12.1 Å². The van der Waals surface area contributed by atoms with E-state index in [0.717, 1.165) is 19.3 Å². The molecule has 0 saturated heterocycles. The van der Waals surface area contributed by atoms with Crippen LogP contribution in [0.5, 0.6) is 0 Å². The minimum absolute atomic E-state index is 0.00728. The molecule has 2 N–H and O–H groups in total. The summed E-state index contributed by atoms with van der Waals surface area (Å²) in [6.45, 7) is 3.91. The first-order valence-corrected chi connectivity index (χ1v) is 6.11. The van der Waals surface area contributed by atoms with E-state index >= 15 is 0 Å². The van der Waals surface area contributed by atoms with Crippen molar-refractivity contribution in [3.63, 3.8) is 0 Å². The van der Waals surface area contributed by atoms with Crippen LogP contribution < -0.4 is 5.73 Å². The maximum absolute atomic E-state index is 11.7. The van der Waals surface area contributed by atoms with Crippen LogP contribution in [0.25, 0.3) is 0 Å². The van der Waals surface area contributed by atoms with Gasteiger partial charge in [0, 0.05) is 0 Å². The highest BCUT2D eigenvalue weighted by molar-refractivity contribution is 5.76. The van der Waals surface area contributed by atoms with Gasteiger partial charge in [0.2, 0.25) is 0 Å². The van der Waals surface area contributed by atoms with Crippen molar-refractivity contribution in [3.8, 4) is 0 Å². The molecule has 1 aliphatic rings. The fraction of sp³-hybridized carbons (Fsp3) is 0.917. The summed E-state index contributed by atoms with van der Waals surface area (Å²) in [4.78, 5) is 11.7. The Morgan fingerprint density at radius 2 is 2.00 bits per heavy atom. The lowest BCUT2D eigenvalue weighted by Crippen LogP contribution is -2.41. The molecule has 3 heteroatoms. The topological polar surface area (TPSA) is 52.3 Å². The van der Waals surface area contributed by atoms with Crippen LogP contribution in [0, 0.1) is 5.92 Å². The molecule has 1 fully saturated rings. The van der Waals surface area contributed by atoms with Gasteiger partial charge in [-0.05, 0) is 32.1 Å². The quantitative estimate of drug-likeness (QED) is 0.729. The second kappa shape index (κ2) is 6.11. The highest BCUT2D eigenvalue weighted by Crippen LogP contribution is 2.26. The zero-order valence-corrected chi connectivity index (χ0v) is 9.87. The van der Waals surface area contributed by atoms with Gasteiger partial charge in [-0.3, -0.25) is 4.79 Å². The summed E-state index contributed by atoms with van der Waals surface area (Å²) in [5.41, 5.74) is 5.92. The van der Waals surface area contributed by atoms with Crippen LogP contribution in [-0.4, -0.2) is 18.1 Å². The third-order valence-electron chi connectivity index (χ3n) is 3.32. The molecule has 2 unspecified atom stereocenters. The second-order valence-corrected chi connectivity index (χ2v) is 4.58. The average Bonchev–Trinajstić information content (AvgIpc) is 2.29. The number of hydrogen-bond donors (Lipinski definition) is 1. The van der Waals surface area contributed by atoms with Gasteiger partial charge in [0.15, 0.2) is 0 Å². The molecular weight excluding hydrogens is 190 g/mol. The molecule has 1 saturated carbocycles. The molecular formula is C12H23NO2. The van der Waals surface area contributed by atoms with Gasteiger partial charge in [-0.1, -0.05) is 26.2 Å².